The fraction of sp³-hybridized carbons (Fsp3) is 0. The number of hydrogen-bond donors (Lipinski definition) is 0. The molecule has 53 heavy (non-hydrogen) atoms. The smallest absolute Gasteiger partial charge is 0.0972 e. The van der Waals surface area contributed by atoms with E-state index in [0.717, 1.165) is 66.5 Å². The molecule has 0 saturated carbocycles. The molecule has 4 heteroatoms. The van der Waals surface area contributed by atoms with Gasteiger partial charge in [0, 0.05) is 69.4 Å². The van der Waals surface area contributed by atoms with Crippen molar-refractivity contribution in [3.05, 3.63) is 176 Å². The summed E-state index contributed by atoms with van der Waals surface area (Å²) in [5.41, 5.74) is 11.4. The van der Waals surface area contributed by atoms with Gasteiger partial charge in [0.15, 0.2) is 0 Å². The topological polar surface area (TPSA) is 38.7 Å². The second-order valence-electron chi connectivity index (χ2n) is 13.5. The van der Waals surface area contributed by atoms with Crippen molar-refractivity contribution >= 4 is 75.0 Å². The molecule has 3 nitrogen and oxygen atoms in total. The highest BCUT2D eigenvalue weighted by Crippen LogP contribution is 2.48. The quantitative estimate of drug-likeness (QED) is 0.172. The summed E-state index contributed by atoms with van der Waals surface area (Å²) in [4.78, 5) is 15.6. The average molecular weight is 692 g/mol. The van der Waals surface area contributed by atoms with Crippen molar-refractivity contribution in [1.82, 2.24) is 15.0 Å². The summed E-state index contributed by atoms with van der Waals surface area (Å²) in [7, 11) is 0. The third kappa shape index (κ3) is 4.84. The molecule has 0 N–H and O–H groups in total. The Morgan fingerprint density at radius 2 is 0.925 bits per heavy atom. The zero-order chi connectivity index (χ0) is 34.9. The Kier molecular flexibility index (Phi) is 6.73. The number of rotatable bonds is 4. The lowest BCUT2D eigenvalue weighted by Crippen LogP contribution is -1.92. The Morgan fingerprint density at radius 1 is 0.377 bits per heavy atom. The zero-order valence-corrected chi connectivity index (χ0v) is 29.3. The minimum atomic E-state index is 0.913. The standard InChI is InChI=1S/C49H29N3S/c1-3-11-31(12-4-1)40-27-25-34-23-24-35-26-28-41(51-48(35)47(34)50-40)32-21-19-30(20-22-32)38-29-39-44(45-37-16-8-10-18-43(37)53-49(38)45)36-15-7-9-17-42(36)52-46(39)33-13-5-2-6-14-33/h1-29H. The Labute approximate surface area is 309 Å². The minimum absolute atomic E-state index is 0.913. The van der Waals surface area contributed by atoms with Gasteiger partial charge < -0.3 is 0 Å². The van der Waals surface area contributed by atoms with Crippen LogP contribution in [0.5, 0.6) is 0 Å². The number of benzene rings is 7. The van der Waals surface area contributed by atoms with E-state index < -0.39 is 0 Å². The van der Waals surface area contributed by atoms with E-state index in [1.807, 2.05) is 17.4 Å². The molecule has 0 fully saturated rings. The Balaban J connectivity index is 1.10. The van der Waals surface area contributed by atoms with Crippen molar-refractivity contribution in [2.24, 2.45) is 0 Å². The molecular weight excluding hydrogens is 663 g/mol. The zero-order valence-electron chi connectivity index (χ0n) is 28.5. The van der Waals surface area contributed by atoms with Gasteiger partial charge in [-0.25, -0.2) is 15.0 Å². The van der Waals surface area contributed by atoms with Crippen LogP contribution in [0.4, 0.5) is 0 Å². The highest BCUT2D eigenvalue weighted by atomic mass is 32.1. The fourth-order valence-electron chi connectivity index (χ4n) is 7.88. The summed E-state index contributed by atoms with van der Waals surface area (Å²) >= 11 is 1.87. The van der Waals surface area contributed by atoms with Gasteiger partial charge in [0.1, 0.15) is 0 Å². The maximum Gasteiger partial charge on any atom is 0.0972 e. The summed E-state index contributed by atoms with van der Waals surface area (Å²) in [6.07, 6.45) is 0. The lowest BCUT2D eigenvalue weighted by atomic mass is 9.92. The third-order valence-electron chi connectivity index (χ3n) is 10.4. The Morgan fingerprint density at radius 3 is 1.62 bits per heavy atom. The van der Waals surface area contributed by atoms with Crippen LogP contribution in [0, 0.1) is 0 Å². The molecule has 0 unspecified atom stereocenters. The van der Waals surface area contributed by atoms with E-state index in [4.69, 9.17) is 15.0 Å². The van der Waals surface area contributed by atoms with Crippen LogP contribution in [0.2, 0.25) is 0 Å². The highest BCUT2D eigenvalue weighted by Gasteiger charge is 2.20. The predicted octanol–water partition coefficient (Wildman–Crippen LogP) is 13.5. The van der Waals surface area contributed by atoms with Crippen LogP contribution in [-0.2, 0) is 0 Å². The summed E-state index contributed by atoms with van der Waals surface area (Å²) in [6.45, 7) is 0. The molecule has 0 aliphatic rings. The second-order valence-corrected chi connectivity index (χ2v) is 14.6. The van der Waals surface area contributed by atoms with E-state index in [1.165, 1.54) is 42.1 Å². The summed E-state index contributed by atoms with van der Waals surface area (Å²) < 4.78 is 2.57. The number of aromatic nitrogens is 3. The van der Waals surface area contributed by atoms with Crippen molar-refractivity contribution in [2.75, 3.05) is 0 Å². The van der Waals surface area contributed by atoms with Crippen molar-refractivity contribution in [1.29, 1.82) is 0 Å². The van der Waals surface area contributed by atoms with Gasteiger partial charge in [-0.15, -0.1) is 11.3 Å². The molecule has 0 aliphatic carbocycles. The SMILES string of the molecule is c1ccc(-c2ccc3ccc4ccc(-c5ccc(-c6cc7c(-c8ccccc8)nc8ccccc8c7c7c6sc6ccccc67)cc5)nc4c3n2)cc1. The molecule has 0 saturated heterocycles. The molecule has 0 spiro atoms. The Bertz CT molecular complexity index is 3200. The molecule has 4 heterocycles. The van der Waals surface area contributed by atoms with Crippen molar-refractivity contribution in [2.45, 2.75) is 0 Å². The number of nitrogens with zero attached hydrogens (tertiary/aromatic N) is 3. The number of thiophene rings is 1. The molecule has 0 aliphatic heterocycles. The number of pyridine rings is 3. The van der Waals surface area contributed by atoms with Crippen LogP contribution < -0.4 is 0 Å². The fourth-order valence-corrected chi connectivity index (χ4v) is 9.13. The largest absolute Gasteiger partial charge is 0.247 e. The van der Waals surface area contributed by atoms with Gasteiger partial charge in [0.2, 0.25) is 0 Å². The summed E-state index contributed by atoms with van der Waals surface area (Å²) in [6, 6.07) is 62.4. The van der Waals surface area contributed by atoms with Crippen LogP contribution in [0.25, 0.3) is 109 Å². The predicted molar refractivity (Wildman–Crippen MR) is 224 cm³/mol. The van der Waals surface area contributed by atoms with E-state index in [0.29, 0.717) is 0 Å². The highest BCUT2D eigenvalue weighted by molar-refractivity contribution is 7.26. The first-order chi connectivity index (χ1) is 26.3. The van der Waals surface area contributed by atoms with E-state index in [-0.39, 0.29) is 0 Å². The lowest BCUT2D eigenvalue weighted by molar-refractivity contribution is 1.36. The maximum absolute atomic E-state index is 5.29. The summed E-state index contributed by atoms with van der Waals surface area (Å²) in [5.74, 6) is 0. The van der Waals surface area contributed by atoms with E-state index in [2.05, 4.69) is 170 Å². The van der Waals surface area contributed by atoms with Gasteiger partial charge in [-0.05, 0) is 35.9 Å². The molecule has 246 valence electrons. The molecular formula is C49H29N3S. The molecule has 7 aromatic carbocycles. The first-order valence-electron chi connectivity index (χ1n) is 17.9. The van der Waals surface area contributed by atoms with E-state index in [9.17, 15) is 0 Å². The van der Waals surface area contributed by atoms with Crippen LogP contribution in [0.1, 0.15) is 0 Å². The van der Waals surface area contributed by atoms with Gasteiger partial charge in [-0.3, -0.25) is 0 Å². The van der Waals surface area contributed by atoms with E-state index >= 15 is 0 Å². The van der Waals surface area contributed by atoms with Crippen LogP contribution in [0.15, 0.2) is 176 Å². The normalized spacial score (nSPS) is 11.8. The van der Waals surface area contributed by atoms with Crippen molar-refractivity contribution in [3.63, 3.8) is 0 Å². The van der Waals surface area contributed by atoms with Crippen LogP contribution in [0.3, 0.4) is 0 Å². The molecule has 0 atom stereocenters. The Hall–Kier alpha value is -6.75. The third-order valence-corrected chi connectivity index (χ3v) is 11.6. The first-order valence-corrected chi connectivity index (χ1v) is 18.7. The van der Waals surface area contributed by atoms with Crippen molar-refractivity contribution < 1.29 is 0 Å². The minimum Gasteiger partial charge on any atom is -0.247 e. The molecule has 0 radical (unpaired) electrons. The van der Waals surface area contributed by atoms with Crippen LogP contribution in [-0.4, -0.2) is 15.0 Å². The molecule has 0 bridgehead atoms. The maximum atomic E-state index is 5.29. The van der Waals surface area contributed by atoms with Gasteiger partial charge in [0.25, 0.3) is 0 Å². The molecule has 11 aromatic rings. The molecule has 0 amide bonds. The lowest BCUT2D eigenvalue weighted by Gasteiger charge is -2.15. The number of hydrogen-bond acceptors (Lipinski definition) is 4. The van der Waals surface area contributed by atoms with Gasteiger partial charge in [-0.2, -0.15) is 0 Å². The van der Waals surface area contributed by atoms with Crippen molar-refractivity contribution in [3.8, 4) is 44.9 Å². The van der Waals surface area contributed by atoms with Gasteiger partial charge in [-0.1, -0.05) is 146 Å². The number of para-hydroxylation sites is 1. The second kappa shape index (κ2) is 11.9. The number of fused-ring (bicyclic) bond motifs is 10. The van der Waals surface area contributed by atoms with E-state index in [1.54, 1.807) is 0 Å². The summed E-state index contributed by atoms with van der Waals surface area (Å²) in [5, 5.41) is 8.34. The van der Waals surface area contributed by atoms with Gasteiger partial charge in [0.05, 0.1) is 33.6 Å². The van der Waals surface area contributed by atoms with Crippen LogP contribution >= 0.6 is 11.3 Å². The van der Waals surface area contributed by atoms with Gasteiger partial charge >= 0.3 is 0 Å². The molecule has 11 rings (SSSR count). The average Bonchev–Trinajstić information content (AvgIpc) is 3.63. The monoisotopic (exact) mass is 691 g/mol. The first kappa shape index (κ1) is 29.9. The molecule has 4 aromatic heterocycles.